The first-order valence-corrected chi connectivity index (χ1v) is 12.4. The molecule has 35 heavy (non-hydrogen) atoms. The van der Waals surface area contributed by atoms with Gasteiger partial charge in [-0.15, -0.1) is 0 Å². The molecule has 1 fully saturated rings. The van der Waals surface area contributed by atoms with Gasteiger partial charge in [0, 0.05) is 34.4 Å². The van der Waals surface area contributed by atoms with Gasteiger partial charge in [0.2, 0.25) is 0 Å². The lowest BCUT2D eigenvalue weighted by molar-refractivity contribution is 0.0992. The number of nitrogens with zero attached hydrogens (tertiary/aromatic N) is 3. The predicted octanol–water partition coefficient (Wildman–Crippen LogP) is 5.40. The van der Waals surface area contributed by atoms with Crippen LogP contribution in [0.4, 0.5) is 5.82 Å². The van der Waals surface area contributed by atoms with Crippen LogP contribution in [-0.4, -0.2) is 39.9 Å². The predicted molar refractivity (Wildman–Crippen MR) is 141 cm³/mol. The topological polar surface area (TPSA) is 79.8 Å². The van der Waals surface area contributed by atoms with Crippen molar-refractivity contribution in [2.45, 2.75) is 45.1 Å². The molecule has 2 N–H and O–H groups in total. The summed E-state index contributed by atoms with van der Waals surface area (Å²) in [5, 5.41) is 8.77. The molecular formula is C29H31N5O. The Balaban J connectivity index is 1.36. The number of fused-ring (bicyclic) bond motifs is 1. The normalized spacial score (nSPS) is 14.4. The minimum absolute atomic E-state index is 0.0992. The van der Waals surface area contributed by atoms with E-state index in [-0.39, 0.29) is 18.2 Å². The zero-order chi connectivity index (χ0) is 24.2. The highest BCUT2D eigenvalue weighted by Crippen LogP contribution is 2.27. The Kier molecular flexibility index (Phi) is 6.82. The lowest BCUT2D eigenvalue weighted by Crippen LogP contribution is -2.26. The number of anilines is 1. The highest BCUT2D eigenvalue weighted by molar-refractivity contribution is 5.98. The third kappa shape index (κ3) is 5.54. The molecule has 1 saturated heterocycles. The molecule has 0 aliphatic carbocycles. The molecule has 0 amide bonds. The summed E-state index contributed by atoms with van der Waals surface area (Å²) < 4.78 is 0. The Labute approximate surface area is 206 Å². The monoisotopic (exact) mass is 465 g/mol. The molecule has 2 aromatic heterocycles. The van der Waals surface area contributed by atoms with Crippen molar-refractivity contribution < 1.29 is 4.79 Å². The molecule has 6 nitrogen and oxygen atoms in total. The second-order valence-corrected chi connectivity index (χ2v) is 9.58. The van der Waals surface area contributed by atoms with Crippen LogP contribution >= 0.6 is 0 Å². The molecule has 2 aromatic carbocycles. The van der Waals surface area contributed by atoms with Crippen LogP contribution in [0.5, 0.6) is 0 Å². The summed E-state index contributed by atoms with van der Waals surface area (Å²) in [6, 6.07) is 16.6. The van der Waals surface area contributed by atoms with E-state index in [0.29, 0.717) is 5.92 Å². The summed E-state index contributed by atoms with van der Waals surface area (Å²) in [5.41, 5.74) is 4.59. The SMILES string of the molecule is CC(C)Nc1cncc(-c2ccc3cnc(CC(=O)c4cccc(C5CCNCC5)c4)cc3c2)n1. The number of hydrogen-bond acceptors (Lipinski definition) is 6. The van der Waals surface area contributed by atoms with Crippen molar-refractivity contribution >= 4 is 22.4 Å². The average Bonchev–Trinajstić information content (AvgIpc) is 2.88. The van der Waals surface area contributed by atoms with Crippen LogP contribution in [0.25, 0.3) is 22.0 Å². The smallest absolute Gasteiger partial charge is 0.168 e. The van der Waals surface area contributed by atoms with Crippen LogP contribution in [0.1, 0.15) is 54.2 Å². The molecule has 1 aliphatic heterocycles. The van der Waals surface area contributed by atoms with Crippen LogP contribution in [0.15, 0.2) is 67.1 Å². The number of piperidine rings is 1. The van der Waals surface area contributed by atoms with Crippen molar-refractivity contribution in [3.63, 3.8) is 0 Å². The average molecular weight is 466 g/mol. The van der Waals surface area contributed by atoms with E-state index in [1.165, 1.54) is 5.56 Å². The molecule has 0 bridgehead atoms. The Bertz CT molecular complexity index is 1340. The van der Waals surface area contributed by atoms with Gasteiger partial charge in [-0.3, -0.25) is 14.8 Å². The number of nitrogens with one attached hydrogen (secondary N) is 2. The van der Waals surface area contributed by atoms with Gasteiger partial charge in [0.1, 0.15) is 5.82 Å². The second-order valence-electron chi connectivity index (χ2n) is 9.58. The van der Waals surface area contributed by atoms with E-state index < -0.39 is 0 Å². The van der Waals surface area contributed by atoms with E-state index in [0.717, 1.165) is 65.0 Å². The maximum absolute atomic E-state index is 13.1. The summed E-state index contributed by atoms with van der Waals surface area (Å²) in [6.07, 6.45) is 7.87. The molecule has 0 unspecified atom stereocenters. The summed E-state index contributed by atoms with van der Waals surface area (Å²) in [4.78, 5) is 26.7. The van der Waals surface area contributed by atoms with E-state index >= 15 is 0 Å². The van der Waals surface area contributed by atoms with Gasteiger partial charge in [-0.25, -0.2) is 4.98 Å². The van der Waals surface area contributed by atoms with Gasteiger partial charge >= 0.3 is 0 Å². The van der Waals surface area contributed by atoms with Crippen molar-refractivity contribution in [2.75, 3.05) is 18.4 Å². The van der Waals surface area contributed by atoms with Crippen molar-refractivity contribution in [2.24, 2.45) is 0 Å². The number of hydrogen-bond donors (Lipinski definition) is 2. The van der Waals surface area contributed by atoms with E-state index in [9.17, 15) is 4.79 Å². The third-order valence-corrected chi connectivity index (χ3v) is 6.51. The fraction of sp³-hybridized carbons (Fsp3) is 0.310. The minimum Gasteiger partial charge on any atom is -0.367 e. The van der Waals surface area contributed by atoms with Crippen LogP contribution in [0.2, 0.25) is 0 Å². The summed E-state index contributed by atoms with van der Waals surface area (Å²) in [6.45, 7) is 6.22. The molecule has 1 aliphatic rings. The Morgan fingerprint density at radius 2 is 1.89 bits per heavy atom. The molecule has 5 rings (SSSR count). The van der Waals surface area contributed by atoms with Gasteiger partial charge in [0.25, 0.3) is 0 Å². The molecule has 0 atom stereocenters. The van der Waals surface area contributed by atoms with Crippen molar-refractivity contribution in [3.8, 4) is 11.3 Å². The maximum atomic E-state index is 13.1. The first-order chi connectivity index (χ1) is 17.0. The standard InChI is InChI=1S/C29H31N5O/c1-19(2)33-29-18-31-17-27(34-29)22-6-7-24-16-32-26(14-25(24)13-22)15-28(35)23-5-3-4-21(12-23)20-8-10-30-11-9-20/h3-7,12-14,16-20,30H,8-11,15H2,1-2H3,(H,33,34). The lowest BCUT2D eigenvalue weighted by Gasteiger charge is -2.23. The zero-order valence-corrected chi connectivity index (χ0v) is 20.3. The molecule has 4 aromatic rings. The van der Waals surface area contributed by atoms with E-state index in [4.69, 9.17) is 4.98 Å². The third-order valence-electron chi connectivity index (χ3n) is 6.51. The van der Waals surface area contributed by atoms with Crippen molar-refractivity contribution in [1.82, 2.24) is 20.3 Å². The quantitative estimate of drug-likeness (QED) is 0.356. The molecular weight excluding hydrogens is 434 g/mol. The van der Waals surface area contributed by atoms with Gasteiger partial charge in [0.15, 0.2) is 5.78 Å². The Hall–Kier alpha value is -3.64. The number of aromatic nitrogens is 3. The number of rotatable bonds is 7. The van der Waals surface area contributed by atoms with Crippen LogP contribution < -0.4 is 10.6 Å². The summed E-state index contributed by atoms with van der Waals surface area (Å²) in [5.74, 6) is 1.38. The van der Waals surface area contributed by atoms with Crippen molar-refractivity contribution in [3.05, 3.63) is 83.9 Å². The van der Waals surface area contributed by atoms with E-state index in [1.54, 1.807) is 12.4 Å². The van der Waals surface area contributed by atoms with Gasteiger partial charge < -0.3 is 10.6 Å². The number of benzene rings is 2. The number of carbonyl (C=O) groups excluding carboxylic acids is 1. The van der Waals surface area contributed by atoms with Gasteiger partial charge in [-0.1, -0.05) is 30.3 Å². The first-order valence-electron chi connectivity index (χ1n) is 12.4. The fourth-order valence-electron chi connectivity index (χ4n) is 4.70. The van der Waals surface area contributed by atoms with Crippen LogP contribution in [-0.2, 0) is 6.42 Å². The molecule has 0 saturated carbocycles. The minimum atomic E-state index is 0.0992. The van der Waals surface area contributed by atoms with Crippen LogP contribution in [0.3, 0.4) is 0 Å². The molecule has 0 spiro atoms. The molecule has 178 valence electrons. The Morgan fingerprint density at radius 3 is 2.71 bits per heavy atom. The lowest BCUT2D eigenvalue weighted by atomic mass is 9.88. The Morgan fingerprint density at radius 1 is 1.03 bits per heavy atom. The van der Waals surface area contributed by atoms with Crippen molar-refractivity contribution in [1.29, 1.82) is 0 Å². The van der Waals surface area contributed by atoms with E-state index in [2.05, 4.69) is 52.6 Å². The van der Waals surface area contributed by atoms with Gasteiger partial charge in [-0.05, 0) is 74.8 Å². The number of pyridine rings is 1. The maximum Gasteiger partial charge on any atom is 0.168 e. The highest BCUT2D eigenvalue weighted by atomic mass is 16.1. The first kappa shape index (κ1) is 23.1. The van der Waals surface area contributed by atoms with Crippen LogP contribution in [0, 0.1) is 0 Å². The van der Waals surface area contributed by atoms with E-state index in [1.807, 2.05) is 36.5 Å². The largest absolute Gasteiger partial charge is 0.367 e. The fourth-order valence-corrected chi connectivity index (χ4v) is 4.70. The molecule has 3 heterocycles. The summed E-state index contributed by atoms with van der Waals surface area (Å²) in [7, 11) is 0. The zero-order valence-electron chi connectivity index (χ0n) is 20.3. The number of ketones is 1. The summed E-state index contributed by atoms with van der Waals surface area (Å²) >= 11 is 0. The van der Waals surface area contributed by atoms with Gasteiger partial charge in [0.05, 0.1) is 24.5 Å². The second kappa shape index (κ2) is 10.3. The number of carbonyl (C=O) groups is 1. The van der Waals surface area contributed by atoms with Gasteiger partial charge in [-0.2, -0.15) is 0 Å². The highest BCUT2D eigenvalue weighted by Gasteiger charge is 2.17. The number of Topliss-reactive ketones (excluding diaryl/α,β-unsaturated/α-hetero) is 1. The molecule has 6 heteroatoms. The molecule has 0 radical (unpaired) electrons.